The van der Waals surface area contributed by atoms with Gasteiger partial charge in [-0.2, -0.15) is 0 Å². The highest BCUT2D eigenvalue weighted by Gasteiger charge is 2.20. The van der Waals surface area contributed by atoms with Crippen LogP contribution in [0, 0.1) is 13.8 Å². The van der Waals surface area contributed by atoms with Crippen LogP contribution in [-0.2, 0) is 10.0 Å². The molecule has 0 aliphatic rings. The minimum atomic E-state index is -3.40. The van der Waals surface area contributed by atoms with Crippen molar-refractivity contribution in [2.24, 2.45) is 0 Å². The molecule has 0 fully saturated rings. The van der Waals surface area contributed by atoms with Crippen LogP contribution < -0.4 is 5.73 Å². The Labute approximate surface area is 90.8 Å². The van der Waals surface area contributed by atoms with Gasteiger partial charge in [0.15, 0.2) is 0 Å². The maximum atomic E-state index is 11.9. The van der Waals surface area contributed by atoms with E-state index in [0.29, 0.717) is 5.69 Å². The average molecular weight is 228 g/mol. The molecule has 0 heterocycles. The van der Waals surface area contributed by atoms with E-state index in [4.69, 9.17) is 5.73 Å². The van der Waals surface area contributed by atoms with Crippen molar-refractivity contribution in [1.82, 2.24) is 4.31 Å². The molecular weight excluding hydrogens is 212 g/mol. The number of nitrogens with zero attached hydrogens (tertiary/aromatic N) is 1. The van der Waals surface area contributed by atoms with E-state index in [2.05, 4.69) is 0 Å². The highest BCUT2D eigenvalue weighted by Crippen LogP contribution is 2.23. The molecular formula is C10H16N2O2S. The van der Waals surface area contributed by atoms with Crippen molar-refractivity contribution in [3.63, 3.8) is 0 Å². The number of hydrogen-bond acceptors (Lipinski definition) is 3. The zero-order chi connectivity index (χ0) is 11.8. The molecule has 0 spiro atoms. The average Bonchev–Trinajstić information content (AvgIpc) is 2.10. The van der Waals surface area contributed by atoms with Gasteiger partial charge in [0.2, 0.25) is 10.0 Å². The van der Waals surface area contributed by atoms with Gasteiger partial charge >= 0.3 is 0 Å². The summed E-state index contributed by atoms with van der Waals surface area (Å²) in [6.07, 6.45) is 0. The van der Waals surface area contributed by atoms with Crippen LogP contribution in [0.15, 0.2) is 17.0 Å². The maximum Gasteiger partial charge on any atom is 0.242 e. The molecule has 0 aliphatic heterocycles. The molecule has 0 bridgehead atoms. The molecule has 0 atom stereocenters. The van der Waals surface area contributed by atoms with E-state index in [9.17, 15) is 8.42 Å². The summed E-state index contributed by atoms with van der Waals surface area (Å²) in [7, 11) is -0.385. The van der Waals surface area contributed by atoms with Crippen LogP contribution in [0.3, 0.4) is 0 Å². The Bertz CT molecular complexity index is 478. The molecule has 0 aliphatic carbocycles. The third-order valence-electron chi connectivity index (χ3n) is 2.40. The Balaban J connectivity index is 3.52. The molecule has 2 N–H and O–H groups in total. The summed E-state index contributed by atoms with van der Waals surface area (Å²) in [5, 5.41) is 0. The first kappa shape index (κ1) is 12.0. The number of nitrogens with two attached hydrogens (primary N) is 1. The molecule has 0 aromatic heterocycles. The van der Waals surface area contributed by atoms with E-state index in [0.717, 1.165) is 11.1 Å². The SMILES string of the molecule is Cc1cc(N)cc(S(=O)(=O)N(C)C)c1C. The van der Waals surface area contributed by atoms with Gasteiger partial charge in [0.1, 0.15) is 0 Å². The predicted octanol–water partition coefficient (Wildman–Crippen LogP) is 1.14. The lowest BCUT2D eigenvalue weighted by Crippen LogP contribution is -2.23. The topological polar surface area (TPSA) is 63.4 Å². The van der Waals surface area contributed by atoms with Crippen LogP contribution in [0.2, 0.25) is 0 Å². The van der Waals surface area contributed by atoms with Crippen LogP contribution in [0.25, 0.3) is 0 Å². The first-order chi connectivity index (χ1) is 6.76. The Kier molecular flexibility index (Phi) is 3.06. The van der Waals surface area contributed by atoms with Crippen molar-refractivity contribution >= 4 is 15.7 Å². The standard InChI is InChI=1S/C10H16N2O2S/c1-7-5-9(11)6-10(8(7)2)15(13,14)12(3)4/h5-6H,11H2,1-4H3. The first-order valence-electron chi connectivity index (χ1n) is 4.56. The number of nitrogen functional groups attached to an aromatic ring is 1. The molecule has 15 heavy (non-hydrogen) atoms. The van der Waals surface area contributed by atoms with Crippen LogP contribution in [0.5, 0.6) is 0 Å². The van der Waals surface area contributed by atoms with E-state index >= 15 is 0 Å². The molecule has 1 rings (SSSR count). The predicted molar refractivity (Wildman–Crippen MR) is 61.2 cm³/mol. The second-order valence-corrected chi connectivity index (χ2v) is 5.87. The molecule has 0 unspecified atom stereocenters. The molecule has 5 heteroatoms. The van der Waals surface area contributed by atoms with Crippen molar-refractivity contribution in [1.29, 1.82) is 0 Å². The quantitative estimate of drug-likeness (QED) is 0.772. The van der Waals surface area contributed by atoms with Gasteiger partial charge in [-0.1, -0.05) is 0 Å². The largest absolute Gasteiger partial charge is 0.399 e. The zero-order valence-corrected chi connectivity index (χ0v) is 10.2. The Morgan fingerprint density at radius 3 is 2.20 bits per heavy atom. The molecule has 0 radical (unpaired) electrons. The van der Waals surface area contributed by atoms with Gasteiger partial charge in [-0.25, -0.2) is 12.7 Å². The van der Waals surface area contributed by atoms with Gasteiger partial charge in [0, 0.05) is 19.8 Å². The number of sulfonamides is 1. The minimum Gasteiger partial charge on any atom is -0.399 e. The van der Waals surface area contributed by atoms with E-state index in [1.807, 2.05) is 6.92 Å². The van der Waals surface area contributed by atoms with Gasteiger partial charge in [-0.05, 0) is 37.1 Å². The minimum absolute atomic E-state index is 0.282. The summed E-state index contributed by atoms with van der Waals surface area (Å²) in [5.41, 5.74) is 7.75. The molecule has 0 saturated carbocycles. The van der Waals surface area contributed by atoms with Gasteiger partial charge < -0.3 is 5.73 Å². The fourth-order valence-corrected chi connectivity index (χ4v) is 2.54. The molecule has 1 aromatic rings. The van der Waals surface area contributed by atoms with E-state index < -0.39 is 10.0 Å². The zero-order valence-electron chi connectivity index (χ0n) is 9.40. The fourth-order valence-electron chi connectivity index (χ4n) is 1.32. The highest BCUT2D eigenvalue weighted by atomic mass is 32.2. The summed E-state index contributed by atoms with van der Waals surface area (Å²) in [6, 6.07) is 3.27. The summed E-state index contributed by atoms with van der Waals surface area (Å²) in [6.45, 7) is 3.63. The third-order valence-corrected chi connectivity index (χ3v) is 4.34. The van der Waals surface area contributed by atoms with Crippen molar-refractivity contribution in [3.05, 3.63) is 23.3 Å². The molecule has 0 amide bonds. The first-order valence-corrected chi connectivity index (χ1v) is 6.00. The Morgan fingerprint density at radius 1 is 1.20 bits per heavy atom. The summed E-state index contributed by atoms with van der Waals surface area (Å²) in [5.74, 6) is 0. The second-order valence-electron chi connectivity index (χ2n) is 3.75. The van der Waals surface area contributed by atoms with Gasteiger partial charge in [0.05, 0.1) is 4.90 Å². The monoisotopic (exact) mass is 228 g/mol. The van der Waals surface area contributed by atoms with Crippen molar-refractivity contribution in [2.45, 2.75) is 18.7 Å². The van der Waals surface area contributed by atoms with Crippen LogP contribution in [-0.4, -0.2) is 26.8 Å². The second kappa shape index (κ2) is 3.83. The van der Waals surface area contributed by atoms with E-state index in [-0.39, 0.29) is 4.90 Å². The number of benzene rings is 1. The lowest BCUT2D eigenvalue weighted by molar-refractivity contribution is 0.520. The maximum absolute atomic E-state index is 11.9. The van der Waals surface area contributed by atoms with Gasteiger partial charge in [-0.3, -0.25) is 0 Å². The molecule has 4 nitrogen and oxygen atoms in total. The normalized spacial score (nSPS) is 12.1. The summed E-state index contributed by atoms with van der Waals surface area (Å²) < 4.78 is 25.0. The molecule has 84 valence electrons. The fraction of sp³-hybridized carbons (Fsp3) is 0.400. The third kappa shape index (κ3) is 2.13. The van der Waals surface area contributed by atoms with Crippen LogP contribution >= 0.6 is 0 Å². The van der Waals surface area contributed by atoms with E-state index in [1.54, 1.807) is 13.0 Å². The van der Waals surface area contributed by atoms with Crippen molar-refractivity contribution < 1.29 is 8.42 Å². The van der Waals surface area contributed by atoms with Gasteiger partial charge in [-0.15, -0.1) is 0 Å². The lowest BCUT2D eigenvalue weighted by atomic mass is 10.1. The molecule has 1 aromatic carbocycles. The van der Waals surface area contributed by atoms with Gasteiger partial charge in [0.25, 0.3) is 0 Å². The molecule has 0 saturated heterocycles. The Morgan fingerprint density at radius 2 is 1.73 bits per heavy atom. The number of rotatable bonds is 2. The lowest BCUT2D eigenvalue weighted by Gasteiger charge is -2.15. The van der Waals surface area contributed by atoms with Crippen molar-refractivity contribution in [2.75, 3.05) is 19.8 Å². The van der Waals surface area contributed by atoms with E-state index in [1.165, 1.54) is 24.5 Å². The highest BCUT2D eigenvalue weighted by molar-refractivity contribution is 7.89. The number of hydrogen-bond donors (Lipinski definition) is 1. The number of aryl methyl sites for hydroxylation is 1. The van der Waals surface area contributed by atoms with Crippen LogP contribution in [0.4, 0.5) is 5.69 Å². The Hall–Kier alpha value is -1.07. The van der Waals surface area contributed by atoms with Crippen LogP contribution in [0.1, 0.15) is 11.1 Å². The smallest absolute Gasteiger partial charge is 0.242 e. The van der Waals surface area contributed by atoms with Crippen molar-refractivity contribution in [3.8, 4) is 0 Å². The number of anilines is 1. The summed E-state index contributed by atoms with van der Waals surface area (Å²) >= 11 is 0. The summed E-state index contributed by atoms with van der Waals surface area (Å²) in [4.78, 5) is 0.282.